The fourth-order valence-corrected chi connectivity index (χ4v) is 6.06. The topological polar surface area (TPSA) is 69.2 Å². The normalized spacial score (nSPS) is 21.3. The van der Waals surface area contributed by atoms with Crippen molar-refractivity contribution in [3.63, 3.8) is 0 Å². The first-order chi connectivity index (χ1) is 19.2. The predicted octanol–water partition coefficient (Wildman–Crippen LogP) is 4.33. The molecule has 1 atom stereocenters. The van der Waals surface area contributed by atoms with Gasteiger partial charge in [0.05, 0.1) is 25.4 Å². The Kier molecular flexibility index (Phi) is 7.81. The van der Waals surface area contributed by atoms with E-state index in [9.17, 15) is 0 Å². The van der Waals surface area contributed by atoms with Gasteiger partial charge >= 0.3 is 0 Å². The number of benzene rings is 2. The van der Waals surface area contributed by atoms with Crippen LogP contribution in [0, 0.1) is 0 Å². The van der Waals surface area contributed by atoms with Gasteiger partial charge in [0.1, 0.15) is 17.9 Å². The average molecular weight is 530 g/mol. The Morgan fingerprint density at radius 2 is 1.69 bits per heavy atom. The number of hydrogen-bond donors (Lipinski definition) is 1. The maximum absolute atomic E-state index is 5.97. The van der Waals surface area contributed by atoms with Crippen LogP contribution in [0.3, 0.4) is 0 Å². The van der Waals surface area contributed by atoms with Gasteiger partial charge in [-0.2, -0.15) is 0 Å². The second kappa shape index (κ2) is 11.8. The van der Waals surface area contributed by atoms with E-state index < -0.39 is 0 Å². The van der Waals surface area contributed by atoms with Crippen molar-refractivity contribution < 1.29 is 9.57 Å². The summed E-state index contributed by atoms with van der Waals surface area (Å²) in [6.45, 7) is 7.32. The lowest BCUT2D eigenvalue weighted by molar-refractivity contribution is 0.115. The van der Waals surface area contributed by atoms with Gasteiger partial charge in [-0.15, -0.1) is 0 Å². The number of piperidine rings is 1. The molecule has 6 rings (SSSR count). The number of anilines is 4. The van der Waals surface area contributed by atoms with Crippen molar-refractivity contribution in [2.75, 3.05) is 75.3 Å². The van der Waals surface area contributed by atoms with Gasteiger partial charge in [-0.05, 0) is 50.7 Å². The number of piperazine rings is 1. The molecule has 0 bridgehead atoms. The number of likely N-dealkylation sites (tertiary alicyclic amines) is 1. The molecule has 3 fully saturated rings. The number of aromatic nitrogens is 2. The van der Waals surface area contributed by atoms with Gasteiger partial charge in [-0.25, -0.2) is 15.0 Å². The van der Waals surface area contributed by atoms with Crippen molar-refractivity contribution in [2.24, 2.45) is 0 Å². The van der Waals surface area contributed by atoms with E-state index in [1.54, 1.807) is 13.4 Å². The summed E-state index contributed by atoms with van der Waals surface area (Å²) in [6.07, 6.45) is 5.06. The van der Waals surface area contributed by atoms with Crippen LogP contribution in [0.4, 0.5) is 23.0 Å². The molecule has 1 aromatic heterocycles. The second-order valence-electron chi connectivity index (χ2n) is 10.7. The molecule has 0 saturated carbocycles. The Bertz CT molecular complexity index is 1230. The van der Waals surface area contributed by atoms with Crippen molar-refractivity contribution in [1.82, 2.24) is 19.8 Å². The molecule has 0 radical (unpaired) electrons. The number of nitrogens with one attached hydrogen (secondary N) is 1. The summed E-state index contributed by atoms with van der Waals surface area (Å²) in [5, 5.41) is 5.34. The molecule has 1 N–H and O–H groups in total. The third-order valence-electron chi connectivity index (χ3n) is 8.28. The fourth-order valence-electron chi connectivity index (χ4n) is 6.06. The third-order valence-corrected chi connectivity index (χ3v) is 8.28. The first kappa shape index (κ1) is 25.9. The van der Waals surface area contributed by atoms with Crippen molar-refractivity contribution in [3.8, 4) is 5.75 Å². The van der Waals surface area contributed by atoms with Crippen LogP contribution in [-0.4, -0.2) is 85.8 Å². The van der Waals surface area contributed by atoms with E-state index in [1.807, 2.05) is 17.2 Å². The SMILES string of the molecule is COc1cc(Nc2cc(N3OCC[C@@H]3c3ccccc3)ncn2)ccc1N1CCN(C2CCN(C)CC2)CC1. The highest BCUT2D eigenvalue weighted by Crippen LogP contribution is 2.36. The first-order valence-electron chi connectivity index (χ1n) is 14.1. The van der Waals surface area contributed by atoms with E-state index >= 15 is 0 Å². The minimum Gasteiger partial charge on any atom is -0.495 e. The summed E-state index contributed by atoms with van der Waals surface area (Å²) in [7, 11) is 3.97. The van der Waals surface area contributed by atoms with Crippen molar-refractivity contribution in [3.05, 3.63) is 66.5 Å². The number of ether oxygens (including phenoxy) is 1. The molecular formula is C30H39N7O2. The molecular weight excluding hydrogens is 490 g/mol. The predicted molar refractivity (Wildman–Crippen MR) is 155 cm³/mol. The Morgan fingerprint density at radius 3 is 2.46 bits per heavy atom. The third kappa shape index (κ3) is 5.80. The summed E-state index contributed by atoms with van der Waals surface area (Å²) in [5.74, 6) is 2.32. The van der Waals surface area contributed by atoms with Crippen LogP contribution in [0.1, 0.15) is 30.9 Å². The van der Waals surface area contributed by atoms with E-state index in [1.165, 1.54) is 31.5 Å². The zero-order valence-electron chi connectivity index (χ0n) is 23.0. The first-order valence-corrected chi connectivity index (χ1v) is 14.1. The Morgan fingerprint density at radius 1 is 0.897 bits per heavy atom. The van der Waals surface area contributed by atoms with Gasteiger partial charge in [0.25, 0.3) is 0 Å². The number of methoxy groups -OCH3 is 1. The molecule has 3 aromatic rings. The fraction of sp³-hybridized carbons (Fsp3) is 0.467. The number of hydroxylamine groups is 1. The van der Waals surface area contributed by atoms with E-state index in [0.717, 1.165) is 61.6 Å². The average Bonchev–Trinajstić information content (AvgIpc) is 3.49. The number of nitrogens with zero attached hydrogens (tertiary/aromatic N) is 6. The number of hydrogen-bond acceptors (Lipinski definition) is 9. The highest BCUT2D eigenvalue weighted by atomic mass is 16.7. The van der Waals surface area contributed by atoms with Gasteiger partial charge in [-0.1, -0.05) is 30.3 Å². The lowest BCUT2D eigenvalue weighted by atomic mass is 10.0. The summed E-state index contributed by atoms with van der Waals surface area (Å²) in [6, 6.07) is 19.5. The van der Waals surface area contributed by atoms with Crippen LogP contribution < -0.4 is 20.0 Å². The lowest BCUT2D eigenvalue weighted by Crippen LogP contribution is -2.53. The van der Waals surface area contributed by atoms with Crippen LogP contribution in [0.5, 0.6) is 5.75 Å². The summed E-state index contributed by atoms with van der Waals surface area (Å²) in [4.78, 5) is 22.5. The minimum atomic E-state index is 0.133. The molecule has 4 heterocycles. The summed E-state index contributed by atoms with van der Waals surface area (Å²) in [5.41, 5.74) is 3.29. The molecule has 3 aliphatic rings. The second-order valence-corrected chi connectivity index (χ2v) is 10.7. The van der Waals surface area contributed by atoms with Crippen molar-refractivity contribution in [2.45, 2.75) is 31.3 Å². The molecule has 0 spiro atoms. The summed E-state index contributed by atoms with van der Waals surface area (Å²) >= 11 is 0. The molecule has 0 unspecified atom stereocenters. The largest absolute Gasteiger partial charge is 0.495 e. The van der Waals surface area contributed by atoms with Crippen LogP contribution in [0.15, 0.2) is 60.9 Å². The standard InChI is InChI=1S/C30H39N7O2/c1-34-13-10-25(11-14-34)35-15-17-36(18-16-35)27-9-8-24(20-28(27)38-2)33-29-21-30(32-22-31-29)37-26(12-19-39-37)23-6-4-3-5-7-23/h3-9,20-22,25-26H,10-19H2,1-2H3,(H,31,32,33)/t26-/m1/s1. The quantitative estimate of drug-likeness (QED) is 0.482. The molecule has 9 nitrogen and oxygen atoms in total. The monoisotopic (exact) mass is 529 g/mol. The van der Waals surface area contributed by atoms with E-state index in [-0.39, 0.29) is 6.04 Å². The number of rotatable bonds is 7. The van der Waals surface area contributed by atoms with Crippen LogP contribution >= 0.6 is 0 Å². The van der Waals surface area contributed by atoms with E-state index in [0.29, 0.717) is 12.4 Å². The van der Waals surface area contributed by atoms with Crippen LogP contribution in [0.2, 0.25) is 0 Å². The zero-order valence-corrected chi connectivity index (χ0v) is 23.0. The van der Waals surface area contributed by atoms with E-state index in [4.69, 9.17) is 9.57 Å². The van der Waals surface area contributed by atoms with Gasteiger partial charge in [0.2, 0.25) is 0 Å². The molecule has 9 heteroatoms. The van der Waals surface area contributed by atoms with Gasteiger partial charge in [-0.3, -0.25) is 9.74 Å². The maximum atomic E-state index is 5.97. The maximum Gasteiger partial charge on any atom is 0.158 e. The highest BCUT2D eigenvalue weighted by molar-refractivity contribution is 5.69. The van der Waals surface area contributed by atoms with Gasteiger partial charge in [0, 0.05) is 56.5 Å². The smallest absolute Gasteiger partial charge is 0.158 e. The molecule has 39 heavy (non-hydrogen) atoms. The summed E-state index contributed by atoms with van der Waals surface area (Å²) < 4.78 is 5.84. The Balaban J connectivity index is 1.11. The van der Waals surface area contributed by atoms with Crippen molar-refractivity contribution >= 4 is 23.0 Å². The Hall–Kier alpha value is -3.40. The minimum absolute atomic E-state index is 0.133. The van der Waals surface area contributed by atoms with Gasteiger partial charge in [0.15, 0.2) is 5.82 Å². The molecule has 3 saturated heterocycles. The Labute approximate surface area is 231 Å². The zero-order chi connectivity index (χ0) is 26.6. The lowest BCUT2D eigenvalue weighted by Gasteiger charge is -2.43. The van der Waals surface area contributed by atoms with Crippen LogP contribution in [-0.2, 0) is 4.84 Å². The van der Waals surface area contributed by atoms with Crippen molar-refractivity contribution in [1.29, 1.82) is 0 Å². The highest BCUT2D eigenvalue weighted by Gasteiger charge is 2.30. The molecule has 0 aliphatic carbocycles. The molecule has 0 amide bonds. The van der Waals surface area contributed by atoms with E-state index in [2.05, 4.69) is 79.5 Å². The van der Waals surface area contributed by atoms with Crippen LogP contribution in [0.25, 0.3) is 0 Å². The molecule has 206 valence electrons. The van der Waals surface area contributed by atoms with Gasteiger partial charge < -0.3 is 19.9 Å². The molecule has 3 aliphatic heterocycles. The molecule has 2 aromatic carbocycles.